The van der Waals surface area contributed by atoms with Gasteiger partial charge >= 0.3 is 0 Å². The second kappa shape index (κ2) is 5.24. The molecule has 3 nitrogen and oxygen atoms in total. The maximum absolute atomic E-state index is 13.3. The van der Waals surface area contributed by atoms with E-state index in [9.17, 15) is 9.18 Å². The van der Waals surface area contributed by atoms with Crippen LogP contribution in [-0.2, 0) is 0 Å². The number of benzene rings is 1. The van der Waals surface area contributed by atoms with Gasteiger partial charge in [0.25, 0.3) is 5.91 Å². The first-order chi connectivity index (χ1) is 8.49. The van der Waals surface area contributed by atoms with E-state index in [1.807, 2.05) is 13.8 Å². The average molecular weight is 271 g/mol. The molecule has 1 heterocycles. The number of carbonyl (C=O) groups is 1. The molecule has 18 heavy (non-hydrogen) atoms. The third-order valence-corrected chi connectivity index (χ3v) is 3.41. The highest BCUT2D eigenvalue weighted by atomic mass is 35.5. The summed E-state index contributed by atoms with van der Waals surface area (Å²) in [5, 5.41) is 3.24. The minimum absolute atomic E-state index is 0.0960. The predicted octanol–water partition coefficient (Wildman–Crippen LogP) is 2.30. The zero-order valence-corrected chi connectivity index (χ0v) is 11.2. The number of halogens is 2. The minimum Gasteiger partial charge on any atom is -0.335 e. The number of carbonyl (C=O) groups excluding carboxylic acids is 1. The van der Waals surface area contributed by atoms with Crippen molar-refractivity contribution in [1.82, 2.24) is 10.2 Å². The number of piperazine rings is 1. The largest absolute Gasteiger partial charge is 0.335 e. The third-order valence-electron chi connectivity index (χ3n) is 3.03. The Labute approximate surface area is 111 Å². The van der Waals surface area contributed by atoms with Crippen molar-refractivity contribution in [2.24, 2.45) is 0 Å². The molecule has 1 N–H and O–H groups in total. The zero-order valence-electron chi connectivity index (χ0n) is 10.4. The number of hydrogen-bond donors (Lipinski definition) is 1. The van der Waals surface area contributed by atoms with E-state index in [4.69, 9.17) is 11.6 Å². The fourth-order valence-electron chi connectivity index (χ4n) is 2.33. The van der Waals surface area contributed by atoms with Gasteiger partial charge in [-0.3, -0.25) is 4.79 Å². The van der Waals surface area contributed by atoms with E-state index in [1.165, 1.54) is 12.1 Å². The van der Waals surface area contributed by atoms with Crippen molar-refractivity contribution in [3.63, 3.8) is 0 Å². The Bertz CT molecular complexity index is 456. The van der Waals surface area contributed by atoms with Crippen LogP contribution in [0, 0.1) is 5.82 Å². The van der Waals surface area contributed by atoms with Gasteiger partial charge in [-0.25, -0.2) is 4.39 Å². The molecule has 1 aromatic carbocycles. The smallest absolute Gasteiger partial charge is 0.255 e. The van der Waals surface area contributed by atoms with E-state index >= 15 is 0 Å². The van der Waals surface area contributed by atoms with Gasteiger partial charge in [0.05, 0.1) is 10.6 Å². The van der Waals surface area contributed by atoms with Crippen LogP contribution < -0.4 is 5.32 Å². The molecule has 0 bridgehead atoms. The molecule has 1 fully saturated rings. The van der Waals surface area contributed by atoms with Crippen LogP contribution in [0.4, 0.5) is 4.39 Å². The summed E-state index contributed by atoms with van der Waals surface area (Å²) in [4.78, 5) is 14.0. The predicted molar refractivity (Wildman–Crippen MR) is 69.4 cm³/mol. The van der Waals surface area contributed by atoms with Crippen molar-refractivity contribution in [2.45, 2.75) is 25.9 Å². The summed E-state index contributed by atoms with van der Waals surface area (Å²) in [5.41, 5.74) is 0.234. The Hall–Kier alpha value is -1.13. The molecule has 0 spiro atoms. The highest BCUT2D eigenvalue weighted by molar-refractivity contribution is 6.34. The Morgan fingerprint density at radius 1 is 1.39 bits per heavy atom. The summed E-state index contributed by atoms with van der Waals surface area (Å²) >= 11 is 5.84. The lowest BCUT2D eigenvalue weighted by molar-refractivity contribution is 0.0673. The lowest BCUT2D eigenvalue weighted by Crippen LogP contribution is -2.55. The van der Waals surface area contributed by atoms with E-state index in [1.54, 1.807) is 11.0 Å². The Kier molecular flexibility index (Phi) is 3.88. The van der Waals surface area contributed by atoms with E-state index in [2.05, 4.69) is 5.32 Å². The molecule has 0 aliphatic carbocycles. The molecule has 2 atom stereocenters. The van der Waals surface area contributed by atoms with Crippen LogP contribution in [-0.4, -0.2) is 36.0 Å². The van der Waals surface area contributed by atoms with Crippen LogP contribution in [0.1, 0.15) is 24.2 Å². The van der Waals surface area contributed by atoms with Gasteiger partial charge in [0, 0.05) is 25.2 Å². The fourth-order valence-corrected chi connectivity index (χ4v) is 2.54. The second-order valence-corrected chi connectivity index (χ2v) is 5.16. The van der Waals surface area contributed by atoms with Gasteiger partial charge < -0.3 is 10.2 Å². The quantitative estimate of drug-likeness (QED) is 0.849. The SMILES string of the molecule is C[C@H]1CN(C(=O)c2cccc(F)c2Cl)C[C@H](C)N1. The number of nitrogens with zero attached hydrogens (tertiary/aromatic N) is 1. The maximum atomic E-state index is 13.3. The molecule has 1 aliphatic heterocycles. The first kappa shape index (κ1) is 13.3. The highest BCUT2D eigenvalue weighted by Crippen LogP contribution is 2.22. The normalized spacial score (nSPS) is 24.1. The molecule has 1 aromatic rings. The Morgan fingerprint density at radius 2 is 2.00 bits per heavy atom. The topological polar surface area (TPSA) is 32.3 Å². The molecule has 1 saturated heterocycles. The van der Waals surface area contributed by atoms with Gasteiger partial charge in [-0.15, -0.1) is 0 Å². The van der Waals surface area contributed by atoms with E-state index in [-0.39, 0.29) is 28.6 Å². The van der Waals surface area contributed by atoms with Crippen molar-refractivity contribution in [1.29, 1.82) is 0 Å². The first-order valence-corrected chi connectivity index (χ1v) is 6.36. The van der Waals surface area contributed by atoms with Crippen molar-refractivity contribution in [2.75, 3.05) is 13.1 Å². The molecule has 0 aromatic heterocycles. The van der Waals surface area contributed by atoms with Crippen LogP contribution in [0.2, 0.25) is 5.02 Å². The molecular weight excluding hydrogens is 255 g/mol. The van der Waals surface area contributed by atoms with Crippen molar-refractivity contribution in [3.05, 3.63) is 34.6 Å². The highest BCUT2D eigenvalue weighted by Gasteiger charge is 2.27. The Morgan fingerprint density at radius 3 is 2.61 bits per heavy atom. The lowest BCUT2D eigenvalue weighted by Gasteiger charge is -2.36. The number of nitrogens with one attached hydrogen (secondary N) is 1. The Balaban J connectivity index is 2.23. The molecule has 2 rings (SSSR count). The van der Waals surface area contributed by atoms with Crippen molar-refractivity contribution in [3.8, 4) is 0 Å². The summed E-state index contributed by atoms with van der Waals surface area (Å²) in [6.45, 7) is 5.25. The van der Waals surface area contributed by atoms with Crippen molar-refractivity contribution < 1.29 is 9.18 Å². The molecule has 5 heteroatoms. The summed E-state index contributed by atoms with van der Waals surface area (Å²) in [5.74, 6) is -0.765. The molecule has 1 aliphatic rings. The average Bonchev–Trinajstić information content (AvgIpc) is 2.30. The van der Waals surface area contributed by atoms with Crippen LogP contribution in [0.15, 0.2) is 18.2 Å². The van der Waals surface area contributed by atoms with Gasteiger partial charge in [0.1, 0.15) is 5.82 Å². The van der Waals surface area contributed by atoms with E-state index in [0.29, 0.717) is 13.1 Å². The van der Waals surface area contributed by atoms with Crippen LogP contribution in [0.3, 0.4) is 0 Å². The first-order valence-electron chi connectivity index (χ1n) is 5.98. The van der Waals surface area contributed by atoms with Gasteiger partial charge in [0.15, 0.2) is 0 Å². The van der Waals surface area contributed by atoms with Crippen LogP contribution in [0.5, 0.6) is 0 Å². The third kappa shape index (κ3) is 2.65. The fraction of sp³-hybridized carbons (Fsp3) is 0.462. The molecule has 98 valence electrons. The van der Waals surface area contributed by atoms with E-state index < -0.39 is 5.82 Å². The monoisotopic (exact) mass is 270 g/mol. The molecule has 0 saturated carbocycles. The van der Waals surface area contributed by atoms with Crippen LogP contribution >= 0.6 is 11.6 Å². The minimum atomic E-state index is -0.557. The van der Waals surface area contributed by atoms with E-state index in [0.717, 1.165) is 0 Å². The van der Waals surface area contributed by atoms with Gasteiger partial charge in [0.2, 0.25) is 0 Å². The number of rotatable bonds is 1. The second-order valence-electron chi connectivity index (χ2n) is 4.78. The van der Waals surface area contributed by atoms with Gasteiger partial charge in [-0.1, -0.05) is 17.7 Å². The standard InChI is InChI=1S/C13H16ClFN2O/c1-8-6-17(7-9(2)16-8)13(18)10-4-3-5-11(15)12(10)14/h3-5,8-9,16H,6-7H2,1-2H3/t8-,9-/m0/s1. The molecule has 0 radical (unpaired) electrons. The summed E-state index contributed by atoms with van der Waals surface area (Å²) in [6.07, 6.45) is 0. The lowest BCUT2D eigenvalue weighted by atomic mass is 10.1. The van der Waals surface area contributed by atoms with Gasteiger partial charge in [-0.2, -0.15) is 0 Å². The summed E-state index contributed by atoms with van der Waals surface area (Å²) < 4.78 is 13.3. The molecule has 1 amide bonds. The van der Waals surface area contributed by atoms with Crippen LogP contribution in [0.25, 0.3) is 0 Å². The summed E-state index contributed by atoms with van der Waals surface area (Å²) in [7, 11) is 0. The maximum Gasteiger partial charge on any atom is 0.255 e. The number of amides is 1. The van der Waals surface area contributed by atoms with Gasteiger partial charge in [-0.05, 0) is 26.0 Å². The zero-order chi connectivity index (χ0) is 13.3. The number of hydrogen-bond acceptors (Lipinski definition) is 2. The molecule has 0 unspecified atom stereocenters. The molecular formula is C13H16ClFN2O. The summed E-state index contributed by atoms with van der Waals surface area (Å²) in [6, 6.07) is 4.77. The van der Waals surface area contributed by atoms with Crippen molar-refractivity contribution >= 4 is 17.5 Å².